The molecule has 100 valence electrons. The van der Waals surface area contributed by atoms with E-state index in [1.807, 2.05) is 31.2 Å². The van der Waals surface area contributed by atoms with Crippen molar-refractivity contribution in [3.05, 3.63) is 40.4 Å². The molecule has 0 N–H and O–H groups in total. The standard InChI is InChI=1S/C15H16ClNO2/c1-3-19-15(18)14-13(16)10(2)8-9-11-6-4-5-7-12(11)17-14/h4-7H,3,8-9H2,1-2H3. The van der Waals surface area contributed by atoms with Crippen molar-refractivity contribution in [2.45, 2.75) is 26.7 Å². The number of carbonyl (C=O) groups excluding carboxylic acids is 1. The Kier molecular flexibility index (Phi) is 4.38. The molecule has 19 heavy (non-hydrogen) atoms. The second kappa shape index (κ2) is 6.02. The first-order chi connectivity index (χ1) is 9.13. The van der Waals surface area contributed by atoms with E-state index in [1.165, 1.54) is 0 Å². The number of rotatable bonds is 2. The normalized spacial score (nSPS) is 15.2. The van der Waals surface area contributed by atoms with E-state index in [0.29, 0.717) is 11.6 Å². The zero-order valence-corrected chi connectivity index (χ0v) is 11.8. The zero-order valence-electron chi connectivity index (χ0n) is 11.1. The van der Waals surface area contributed by atoms with Crippen LogP contribution >= 0.6 is 11.6 Å². The van der Waals surface area contributed by atoms with E-state index in [0.717, 1.165) is 29.7 Å². The van der Waals surface area contributed by atoms with E-state index in [9.17, 15) is 4.79 Å². The molecule has 0 saturated carbocycles. The number of aliphatic imine (C=N–C) groups is 1. The van der Waals surface area contributed by atoms with Gasteiger partial charge in [0.1, 0.15) is 0 Å². The van der Waals surface area contributed by atoms with Crippen LogP contribution in [0.1, 0.15) is 25.8 Å². The lowest BCUT2D eigenvalue weighted by molar-refractivity contribution is -0.134. The first-order valence-corrected chi connectivity index (χ1v) is 6.70. The molecule has 0 amide bonds. The maximum Gasteiger partial charge on any atom is 0.358 e. The number of fused-ring (bicyclic) bond motifs is 1. The fourth-order valence-corrected chi connectivity index (χ4v) is 2.18. The first kappa shape index (κ1) is 13.8. The highest BCUT2D eigenvalue weighted by molar-refractivity contribution is 6.58. The second-order valence-electron chi connectivity index (χ2n) is 4.40. The third kappa shape index (κ3) is 3.04. The van der Waals surface area contributed by atoms with Gasteiger partial charge in [-0.25, -0.2) is 9.79 Å². The van der Waals surface area contributed by atoms with Crippen molar-refractivity contribution >= 4 is 29.0 Å². The van der Waals surface area contributed by atoms with Crippen LogP contribution in [0.3, 0.4) is 0 Å². The summed E-state index contributed by atoms with van der Waals surface area (Å²) < 4.78 is 5.02. The molecular weight excluding hydrogens is 262 g/mol. The van der Waals surface area contributed by atoms with Crippen LogP contribution in [-0.2, 0) is 16.0 Å². The Hall–Kier alpha value is -1.61. The number of halogens is 1. The molecule has 0 radical (unpaired) electrons. The van der Waals surface area contributed by atoms with Gasteiger partial charge in [0.15, 0.2) is 5.71 Å². The molecule has 4 heteroatoms. The molecule has 1 aromatic carbocycles. The lowest BCUT2D eigenvalue weighted by Crippen LogP contribution is -2.19. The van der Waals surface area contributed by atoms with Gasteiger partial charge in [0, 0.05) is 0 Å². The third-order valence-corrected chi connectivity index (χ3v) is 3.55. The van der Waals surface area contributed by atoms with Crippen molar-refractivity contribution in [2.75, 3.05) is 6.61 Å². The predicted molar refractivity (Wildman–Crippen MR) is 77.0 cm³/mol. The summed E-state index contributed by atoms with van der Waals surface area (Å²) in [6.07, 6.45) is 1.69. The Morgan fingerprint density at radius 2 is 2.11 bits per heavy atom. The topological polar surface area (TPSA) is 38.7 Å². The van der Waals surface area contributed by atoms with Crippen molar-refractivity contribution in [3.63, 3.8) is 0 Å². The Morgan fingerprint density at radius 1 is 1.37 bits per heavy atom. The van der Waals surface area contributed by atoms with Crippen molar-refractivity contribution < 1.29 is 9.53 Å². The van der Waals surface area contributed by atoms with Crippen LogP contribution in [-0.4, -0.2) is 18.3 Å². The molecule has 0 atom stereocenters. The highest BCUT2D eigenvalue weighted by atomic mass is 35.5. The molecule has 1 aliphatic heterocycles. The number of aryl methyl sites for hydroxylation is 1. The maximum atomic E-state index is 12.0. The lowest BCUT2D eigenvalue weighted by Gasteiger charge is -2.14. The Bertz CT molecular complexity index is 561. The van der Waals surface area contributed by atoms with Crippen molar-refractivity contribution in [2.24, 2.45) is 4.99 Å². The number of ether oxygens (including phenoxy) is 1. The zero-order chi connectivity index (χ0) is 13.8. The summed E-state index contributed by atoms with van der Waals surface area (Å²) >= 11 is 6.26. The van der Waals surface area contributed by atoms with Gasteiger partial charge in [-0.05, 0) is 38.3 Å². The van der Waals surface area contributed by atoms with E-state index in [1.54, 1.807) is 6.92 Å². The van der Waals surface area contributed by atoms with Crippen LogP contribution in [0, 0.1) is 0 Å². The monoisotopic (exact) mass is 277 g/mol. The van der Waals surface area contributed by atoms with Crippen molar-refractivity contribution in [3.8, 4) is 0 Å². The Labute approximate surface area is 117 Å². The molecule has 0 fully saturated rings. The number of carbonyl (C=O) groups is 1. The first-order valence-electron chi connectivity index (χ1n) is 6.32. The SMILES string of the molecule is CCOC(=O)C1=Nc2ccccc2CCC(C)=C1Cl. The summed E-state index contributed by atoms with van der Waals surface area (Å²) in [5.41, 5.74) is 3.07. The minimum atomic E-state index is -0.469. The quantitative estimate of drug-likeness (QED) is 0.772. The van der Waals surface area contributed by atoms with Crippen LogP contribution in [0.25, 0.3) is 0 Å². The molecule has 0 aliphatic carbocycles. The third-order valence-electron chi connectivity index (χ3n) is 3.04. The van der Waals surface area contributed by atoms with Gasteiger partial charge in [-0.2, -0.15) is 0 Å². The number of allylic oxidation sites excluding steroid dienone is 1. The number of nitrogens with zero attached hydrogens (tertiary/aromatic N) is 1. The van der Waals surface area contributed by atoms with Crippen LogP contribution in [0.2, 0.25) is 0 Å². The van der Waals surface area contributed by atoms with E-state index in [-0.39, 0.29) is 5.71 Å². The summed E-state index contributed by atoms with van der Waals surface area (Å²) in [5.74, 6) is -0.469. The van der Waals surface area contributed by atoms with E-state index < -0.39 is 5.97 Å². The van der Waals surface area contributed by atoms with Crippen molar-refractivity contribution in [1.82, 2.24) is 0 Å². The number of hydrogen-bond acceptors (Lipinski definition) is 3. The number of hydrogen-bond donors (Lipinski definition) is 0. The van der Waals surface area contributed by atoms with Crippen LogP contribution < -0.4 is 0 Å². The fourth-order valence-electron chi connectivity index (χ4n) is 1.97. The molecule has 3 nitrogen and oxygen atoms in total. The molecule has 0 unspecified atom stereocenters. The van der Waals surface area contributed by atoms with Gasteiger partial charge in [0.05, 0.1) is 17.3 Å². The highest BCUT2D eigenvalue weighted by Crippen LogP contribution is 2.28. The van der Waals surface area contributed by atoms with Gasteiger partial charge in [0.25, 0.3) is 0 Å². The van der Waals surface area contributed by atoms with Crippen LogP contribution in [0.5, 0.6) is 0 Å². The van der Waals surface area contributed by atoms with Crippen LogP contribution in [0.4, 0.5) is 5.69 Å². The molecule has 0 saturated heterocycles. The minimum absolute atomic E-state index is 0.202. The van der Waals surface area contributed by atoms with Crippen LogP contribution in [0.15, 0.2) is 39.9 Å². The fraction of sp³-hybridized carbons (Fsp3) is 0.333. The lowest BCUT2D eigenvalue weighted by atomic mass is 10.0. The van der Waals surface area contributed by atoms with Gasteiger partial charge in [0.2, 0.25) is 0 Å². The Morgan fingerprint density at radius 3 is 2.84 bits per heavy atom. The molecule has 0 bridgehead atoms. The van der Waals surface area contributed by atoms with Gasteiger partial charge in [-0.1, -0.05) is 35.4 Å². The molecular formula is C15H16ClNO2. The summed E-state index contributed by atoms with van der Waals surface area (Å²) in [6, 6.07) is 7.78. The Balaban J connectivity index is 2.52. The second-order valence-corrected chi connectivity index (χ2v) is 4.78. The smallest absolute Gasteiger partial charge is 0.358 e. The molecule has 0 spiro atoms. The molecule has 2 rings (SSSR count). The summed E-state index contributed by atoms with van der Waals surface area (Å²) in [5, 5.41) is 0.410. The molecule has 0 aromatic heterocycles. The van der Waals surface area contributed by atoms with E-state index >= 15 is 0 Å². The van der Waals surface area contributed by atoms with Gasteiger partial charge >= 0.3 is 5.97 Å². The molecule has 1 aliphatic rings. The largest absolute Gasteiger partial charge is 0.461 e. The minimum Gasteiger partial charge on any atom is -0.461 e. The van der Waals surface area contributed by atoms with E-state index in [4.69, 9.17) is 16.3 Å². The number of para-hydroxylation sites is 1. The summed E-state index contributed by atoms with van der Waals surface area (Å²) in [6.45, 7) is 3.99. The highest BCUT2D eigenvalue weighted by Gasteiger charge is 2.21. The average Bonchev–Trinajstić information content (AvgIpc) is 2.41. The van der Waals surface area contributed by atoms with E-state index in [2.05, 4.69) is 4.99 Å². The van der Waals surface area contributed by atoms with Crippen molar-refractivity contribution in [1.29, 1.82) is 0 Å². The molecule has 1 aromatic rings. The van der Waals surface area contributed by atoms with Gasteiger partial charge < -0.3 is 4.74 Å². The summed E-state index contributed by atoms with van der Waals surface area (Å²) in [4.78, 5) is 16.4. The van der Waals surface area contributed by atoms with Gasteiger partial charge in [-0.15, -0.1) is 0 Å². The maximum absolute atomic E-state index is 12.0. The predicted octanol–water partition coefficient (Wildman–Crippen LogP) is 3.78. The average molecular weight is 278 g/mol. The number of esters is 1. The summed E-state index contributed by atoms with van der Waals surface area (Å²) in [7, 11) is 0. The number of benzene rings is 1. The van der Waals surface area contributed by atoms with Gasteiger partial charge in [-0.3, -0.25) is 0 Å². The molecule has 1 heterocycles.